The summed E-state index contributed by atoms with van der Waals surface area (Å²) in [7, 11) is 0. The van der Waals surface area contributed by atoms with Crippen molar-refractivity contribution in [1.29, 1.82) is 0 Å². The van der Waals surface area contributed by atoms with E-state index in [1.807, 2.05) is 61.7 Å². The first-order valence-electron chi connectivity index (χ1n) is 10.0. The number of ether oxygens (including phenoxy) is 1. The third-order valence-corrected chi connectivity index (χ3v) is 4.85. The van der Waals surface area contributed by atoms with Crippen LogP contribution in [0.2, 0.25) is 5.02 Å². The molecule has 3 aromatic carbocycles. The number of aromatic nitrogens is 2. The van der Waals surface area contributed by atoms with Crippen molar-refractivity contribution < 1.29 is 9.53 Å². The van der Waals surface area contributed by atoms with Crippen molar-refractivity contribution in [2.24, 2.45) is 5.10 Å². The van der Waals surface area contributed by atoms with E-state index in [9.17, 15) is 4.79 Å². The molecule has 0 radical (unpaired) electrons. The maximum absolute atomic E-state index is 12.1. The number of hydrogen-bond donors (Lipinski definition) is 1. The topological polar surface area (TPSA) is 68.5 Å². The molecule has 0 saturated carbocycles. The number of hydrazone groups is 1. The Bertz CT molecular complexity index is 1250. The minimum atomic E-state index is -0.381. The summed E-state index contributed by atoms with van der Waals surface area (Å²) < 4.78 is 7.23. The van der Waals surface area contributed by atoms with E-state index < -0.39 is 0 Å². The summed E-state index contributed by atoms with van der Waals surface area (Å²) >= 11 is 5.92. The number of aryl methyl sites for hydroxylation is 1. The second-order valence-corrected chi connectivity index (χ2v) is 7.56. The summed E-state index contributed by atoms with van der Waals surface area (Å²) in [6.07, 6.45) is 3.46. The fourth-order valence-electron chi connectivity index (χ4n) is 3.12. The summed E-state index contributed by atoms with van der Waals surface area (Å²) in [5, 5.41) is 9.39. The van der Waals surface area contributed by atoms with Gasteiger partial charge in [0.1, 0.15) is 11.4 Å². The Balaban J connectivity index is 1.50. The molecule has 1 amide bonds. The van der Waals surface area contributed by atoms with Gasteiger partial charge in [-0.2, -0.15) is 10.2 Å². The maximum atomic E-state index is 12.1. The normalized spacial score (nSPS) is 10.9. The highest BCUT2D eigenvalue weighted by Crippen LogP contribution is 2.23. The maximum Gasteiger partial charge on any atom is 0.277 e. The van der Waals surface area contributed by atoms with Gasteiger partial charge in [0, 0.05) is 22.3 Å². The molecule has 0 atom stereocenters. The van der Waals surface area contributed by atoms with E-state index in [-0.39, 0.29) is 12.5 Å². The van der Waals surface area contributed by atoms with E-state index in [4.69, 9.17) is 21.4 Å². The van der Waals surface area contributed by atoms with Crippen LogP contribution in [0, 0.1) is 6.92 Å². The third kappa shape index (κ3) is 5.42. The molecule has 0 saturated heterocycles. The molecule has 0 fully saturated rings. The lowest BCUT2D eigenvalue weighted by atomic mass is 10.1. The van der Waals surface area contributed by atoms with E-state index >= 15 is 0 Å². The molecule has 7 heteroatoms. The van der Waals surface area contributed by atoms with Gasteiger partial charge in [0.25, 0.3) is 5.91 Å². The van der Waals surface area contributed by atoms with Crippen molar-refractivity contribution in [3.63, 3.8) is 0 Å². The van der Waals surface area contributed by atoms with Crippen molar-refractivity contribution >= 4 is 23.7 Å². The Morgan fingerprint density at radius 2 is 1.91 bits per heavy atom. The van der Waals surface area contributed by atoms with Crippen LogP contribution in [0.5, 0.6) is 5.75 Å². The Morgan fingerprint density at radius 3 is 2.69 bits per heavy atom. The predicted molar refractivity (Wildman–Crippen MR) is 126 cm³/mol. The van der Waals surface area contributed by atoms with Gasteiger partial charge < -0.3 is 4.74 Å². The zero-order valence-electron chi connectivity index (χ0n) is 17.4. The summed E-state index contributed by atoms with van der Waals surface area (Å²) in [5.74, 6) is 0.135. The van der Waals surface area contributed by atoms with Gasteiger partial charge in [0.05, 0.1) is 11.9 Å². The van der Waals surface area contributed by atoms with Crippen LogP contribution in [0.25, 0.3) is 16.9 Å². The van der Waals surface area contributed by atoms with E-state index in [1.54, 1.807) is 35.2 Å². The van der Waals surface area contributed by atoms with Crippen molar-refractivity contribution in [3.05, 3.63) is 101 Å². The summed E-state index contributed by atoms with van der Waals surface area (Å²) in [4.78, 5) is 12.1. The first-order valence-corrected chi connectivity index (χ1v) is 10.4. The lowest BCUT2D eigenvalue weighted by molar-refractivity contribution is -0.123. The Labute approximate surface area is 191 Å². The number of carbonyl (C=O) groups excluding carboxylic acids is 1. The molecule has 4 aromatic rings. The highest BCUT2D eigenvalue weighted by Gasteiger charge is 2.11. The lowest BCUT2D eigenvalue weighted by Crippen LogP contribution is -2.24. The molecule has 0 spiro atoms. The second kappa shape index (κ2) is 9.94. The predicted octanol–water partition coefficient (Wildman–Crippen LogP) is 5.03. The largest absolute Gasteiger partial charge is 0.484 e. The van der Waals surface area contributed by atoms with Gasteiger partial charge >= 0.3 is 0 Å². The molecule has 1 heterocycles. The monoisotopic (exact) mass is 444 g/mol. The van der Waals surface area contributed by atoms with Crippen LogP contribution >= 0.6 is 11.6 Å². The Hall–Kier alpha value is -3.90. The zero-order chi connectivity index (χ0) is 22.3. The fraction of sp³-hybridized carbons (Fsp3) is 0.0800. The SMILES string of the molecule is Cc1cccc(-c2nn(-c3ccccc3)cc2C=NNC(=O)COc2cccc(Cl)c2)c1. The van der Waals surface area contributed by atoms with Gasteiger partial charge in [0.2, 0.25) is 0 Å². The molecule has 0 aliphatic carbocycles. The molecule has 4 rings (SSSR count). The number of nitrogens with one attached hydrogen (secondary N) is 1. The van der Waals surface area contributed by atoms with Crippen molar-refractivity contribution in [3.8, 4) is 22.7 Å². The Kier molecular flexibility index (Phi) is 6.63. The average Bonchev–Trinajstić information content (AvgIpc) is 3.23. The average molecular weight is 445 g/mol. The molecule has 160 valence electrons. The molecular weight excluding hydrogens is 424 g/mol. The molecule has 0 unspecified atom stereocenters. The smallest absolute Gasteiger partial charge is 0.277 e. The standard InChI is InChI=1S/C25H21ClN4O2/c1-18-7-5-8-19(13-18)25-20(16-30(29-25)22-10-3-2-4-11-22)15-27-28-24(31)17-32-23-12-6-9-21(26)14-23/h2-16H,17H2,1H3,(H,28,31). The van der Waals surface area contributed by atoms with Gasteiger partial charge in [0.15, 0.2) is 6.61 Å². The van der Waals surface area contributed by atoms with Crippen LogP contribution in [-0.2, 0) is 4.79 Å². The van der Waals surface area contributed by atoms with Gasteiger partial charge in [-0.1, -0.05) is 59.6 Å². The van der Waals surface area contributed by atoms with Gasteiger partial charge in [-0.25, -0.2) is 10.1 Å². The lowest BCUT2D eigenvalue weighted by Gasteiger charge is -2.05. The van der Waals surface area contributed by atoms with Crippen LogP contribution in [-0.4, -0.2) is 28.5 Å². The van der Waals surface area contributed by atoms with Crippen molar-refractivity contribution in [1.82, 2.24) is 15.2 Å². The second-order valence-electron chi connectivity index (χ2n) is 7.12. The van der Waals surface area contributed by atoms with Gasteiger partial charge in [-0.15, -0.1) is 0 Å². The summed E-state index contributed by atoms with van der Waals surface area (Å²) in [6.45, 7) is 1.86. The molecule has 1 N–H and O–H groups in total. The Morgan fingerprint density at radius 1 is 1.09 bits per heavy atom. The van der Waals surface area contributed by atoms with Crippen molar-refractivity contribution in [2.45, 2.75) is 6.92 Å². The number of carbonyl (C=O) groups is 1. The quantitative estimate of drug-likeness (QED) is 0.321. The molecule has 0 aliphatic heterocycles. The summed E-state index contributed by atoms with van der Waals surface area (Å²) in [6, 6.07) is 24.8. The van der Waals surface area contributed by atoms with E-state index in [1.165, 1.54) is 0 Å². The minimum Gasteiger partial charge on any atom is -0.484 e. The van der Waals surface area contributed by atoms with Crippen LogP contribution in [0.4, 0.5) is 0 Å². The number of benzene rings is 3. The van der Waals surface area contributed by atoms with Gasteiger partial charge in [-0.3, -0.25) is 4.79 Å². The molecular formula is C25H21ClN4O2. The number of para-hydroxylation sites is 1. The number of halogens is 1. The fourth-order valence-corrected chi connectivity index (χ4v) is 3.30. The number of nitrogens with zero attached hydrogens (tertiary/aromatic N) is 3. The zero-order valence-corrected chi connectivity index (χ0v) is 18.2. The molecule has 32 heavy (non-hydrogen) atoms. The molecule has 0 bridgehead atoms. The number of amides is 1. The number of hydrogen-bond acceptors (Lipinski definition) is 4. The number of rotatable bonds is 7. The van der Waals surface area contributed by atoms with E-state index in [2.05, 4.69) is 16.6 Å². The molecule has 6 nitrogen and oxygen atoms in total. The van der Waals surface area contributed by atoms with Crippen LogP contribution in [0.15, 0.2) is 90.2 Å². The van der Waals surface area contributed by atoms with Crippen LogP contribution in [0.3, 0.4) is 0 Å². The molecule has 1 aromatic heterocycles. The molecule has 0 aliphatic rings. The van der Waals surface area contributed by atoms with E-state index in [0.717, 1.165) is 28.1 Å². The summed E-state index contributed by atoms with van der Waals surface area (Å²) in [5.41, 5.74) is 7.06. The highest BCUT2D eigenvalue weighted by atomic mass is 35.5. The minimum absolute atomic E-state index is 0.175. The van der Waals surface area contributed by atoms with Gasteiger partial charge in [-0.05, 0) is 43.3 Å². The van der Waals surface area contributed by atoms with E-state index in [0.29, 0.717) is 10.8 Å². The van der Waals surface area contributed by atoms with Crippen LogP contribution in [0.1, 0.15) is 11.1 Å². The van der Waals surface area contributed by atoms with Crippen LogP contribution < -0.4 is 10.2 Å². The first kappa shape index (κ1) is 21.3. The highest BCUT2D eigenvalue weighted by molar-refractivity contribution is 6.30. The first-order chi connectivity index (χ1) is 15.6. The van der Waals surface area contributed by atoms with Crippen molar-refractivity contribution in [2.75, 3.05) is 6.61 Å². The third-order valence-electron chi connectivity index (χ3n) is 4.61.